The fourth-order valence-electron chi connectivity index (χ4n) is 2.01. The second-order valence-electron chi connectivity index (χ2n) is 4.86. The van der Waals surface area contributed by atoms with Crippen LogP contribution in [0, 0.1) is 6.92 Å². The van der Waals surface area contributed by atoms with E-state index in [0.717, 1.165) is 13.0 Å². The van der Waals surface area contributed by atoms with Gasteiger partial charge in [0.05, 0.1) is 6.20 Å². The van der Waals surface area contributed by atoms with Crippen molar-refractivity contribution in [3.63, 3.8) is 0 Å². The Bertz CT molecular complexity index is 485. The third-order valence-electron chi connectivity index (χ3n) is 3.20. The van der Waals surface area contributed by atoms with Gasteiger partial charge in [0.1, 0.15) is 0 Å². The van der Waals surface area contributed by atoms with Gasteiger partial charge in [0.15, 0.2) is 0 Å². The maximum absolute atomic E-state index is 4.17. The zero-order chi connectivity index (χ0) is 13.0. The third kappa shape index (κ3) is 3.44. The lowest BCUT2D eigenvalue weighted by atomic mass is 10.1. The quantitative estimate of drug-likeness (QED) is 0.875. The van der Waals surface area contributed by atoms with Crippen LogP contribution < -0.4 is 5.32 Å². The molecule has 1 atom stereocenters. The molecule has 0 saturated carbocycles. The van der Waals surface area contributed by atoms with Crippen LogP contribution in [0.2, 0.25) is 0 Å². The minimum Gasteiger partial charge on any atom is -0.310 e. The van der Waals surface area contributed by atoms with Crippen LogP contribution in [0.5, 0.6) is 0 Å². The highest BCUT2D eigenvalue weighted by molar-refractivity contribution is 5.23. The average Bonchev–Trinajstić information content (AvgIpc) is 2.76. The SMILES string of the molecule is Cc1ccc([C@H](C)NCCc2cnn(C)c2)cc1. The molecule has 0 aliphatic heterocycles. The molecule has 1 heterocycles. The predicted molar refractivity (Wildman–Crippen MR) is 74.5 cm³/mol. The minimum absolute atomic E-state index is 0.391. The Hall–Kier alpha value is -1.61. The summed E-state index contributed by atoms with van der Waals surface area (Å²) in [7, 11) is 1.95. The summed E-state index contributed by atoms with van der Waals surface area (Å²) in [6, 6.07) is 9.10. The molecule has 2 rings (SSSR count). The minimum atomic E-state index is 0.391. The molecule has 1 N–H and O–H groups in total. The van der Waals surface area contributed by atoms with Gasteiger partial charge in [-0.1, -0.05) is 29.8 Å². The summed E-state index contributed by atoms with van der Waals surface area (Å²) in [6.07, 6.45) is 5.01. The Morgan fingerprint density at radius 1 is 1.28 bits per heavy atom. The van der Waals surface area contributed by atoms with Gasteiger partial charge in [-0.2, -0.15) is 5.10 Å². The Morgan fingerprint density at radius 2 is 2.00 bits per heavy atom. The standard InChI is InChI=1S/C15H21N3/c1-12-4-6-15(7-5-12)13(2)16-9-8-14-10-17-18(3)11-14/h4-7,10-11,13,16H,8-9H2,1-3H3/t13-/m0/s1. The molecule has 1 aromatic heterocycles. The second-order valence-corrected chi connectivity index (χ2v) is 4.86. The molecule has 0 amide bonds. The van der Waals surface area contributed by atoms with Gasteiger partial charge in [0.25, 0.3) is 0 Å². The molecule has 3 nitrogen and oxygen atoms in total. The number of nitrogens with zero attached hydrogens (tertiary/aromatic N) is 2. The molecule has 18 heavy (non-hydrogen) atoms. The maximum Gasteiger partial charge on any atom is 0.0522 e. The molecule has 0 radical (unpaired) electrons. The molecule has 96 valence electrons. The summed E-state index contributed by atoms with van der Waals surface area (Å²) in [4.78, 5) is 0. The molecule has 0 bridgehead atoms. The monoisotopic (exact) mass is 243 g/mol. The highest BCUT2D eigenvalue weighted by atomic mass is 15.2. The first kappa shape index (κ1) is 12.8. The van der Waals surface area contributed by atoms with E-state index in [1.165, 1.54) is 16.7 Å². The lowest BCUT2D eigenvalue weighted by molar-refractivity contribution is 0.576. The van der Waals surface area contributed by atoms with Crippen molar-refractivity contribution >= 4 is 0 Å². The van der Waals surface area contributed by atoms with Crippen LogP contribution in [0.3, 0.4) is 0 Å². The Labute approximate surface area is 109 Å². The number of benzene rings is 1. The zero-order valence-electron chi connectivity index (χ0n) is 11.4. The van der Waals surface area contributed by atoms with Gasteiger partial charge >= 0.3 is 0 Å². The smallest absolute Gasteiger partial charge is 0.0522 e. The van der Waals surface area contributed by atoms with Crippen LogP contribution in [-0.4, -0.2) is 16.3 Å². The van der Waals surface area contributed by atoms with Crippen molar-refractivity contribution in [1.29, 1.82) is 0 Å². The molecule has 0 saturated heterocycles. The average molecular weight is 243 g/mol. The van der Waals surface area contributed by atoms with E-state index in [1.54, 1.807) is 0 Å². The van der Waals surface area contributed by atoms with Crippen molar-refractivity contribution < 1.29 is 0 Å². The lowest BCUT2D eigenvalue weighted by Gasteiger charge is -2.14. The van der Waals surface area contributed by atoms with E-state index >= 15 is 0 Å². The van der Waals surface area contributed by atoms with E-state index in [4.69, 9.17) is 0 Å². The first-order valence-electron chi connectivity index (χ1n) is 6.42. The molecule has 1 aromatic carbocycles. The van der Waals surface area contributed by atoms with Gasteiger partial charge in [-0.25, -0.2) is 0 Å². The number of nitrogens with one attached hydrogen (secondary N) is 1. The molecule has 3 heteroatoms. The molecule has 0 fully saturated rings. The molecule has 0 unspecified atom stereocenters. The zero-order valence-corrected chi connectivity index (χ0v) is 11.4. The number of hydrogen-bond acceptors (Lipinski definition) is 2. The van der Waals surface area contributed by atoms with E-state index < -0.39 is 0 Å². The fraction of sp³-hybridized carbons (Fsp3) is 0.400. The third-order valence-corrected chi connectivity index (χ3v) is 3.20. The Balaban J connectivity index is 1.81. The van der Waals surface area contributed by atoms with Crippen LogP contribution in [-0.2, 0) is 13.5 Å². The van der Waals surface area contributed by atoms with Crippen LogP contribution in [0.4, 0.5) is 0 Å². The molecule has 0 aliphatic carbocycles. The van der Waals surface area contributed by atoms with Gasteiger partial charge in [0.2, 0.25) is 0 Å². The fourth-order valence-corrected chi connectivity index (χ4v) is 2.01. The number of hydrogen-bond donors (Lipinski definition) is 1. The molecule has 0 spiro atoms. The number of rotatable bonds is 5. The van der Waals surface area contributed by atoms with Crippen LogP contribution >= 0.6 is 0 Å². The predicted octanol–water partition coefficient (Wildman–Crippen LogP) is 2.62. The summed E-state index contributed by atoms with van der Waals surface area (Å²) in [5.41, 5.74) is 3.93. The number of aryl methyl sites for hydroxylation is 2. The highest BCUT2D eigenvalue weighted by Gasteiger charge is 2.04. The van der Waals surface area contributed by atoms with Gasteiger partial charge in [-0.3, -0.25) is 4.68 Å². The van der Waals surface area contributed by atoms with Crippen LogP contribution in [0.1, 0.15) is 29.7 Å². The van der Waals surface area contributed by atoms with E-state index in [1.807, 2.05) is 17.9 Å². The van der Waals surface area contributed by atoms with Crippen molar-refractivity contribution in [1.82, 2.24) is 15.1 Å². The second kappa shape index (κ2) is 5.83. The molecule has 2 aromatic rings. The van der Waals surface area contributed by atoms with Crippen molar-refractivity contribution in [2.24, 2.45) is 7.05 Å². The van der Waals surface area contributed by atoms with E-state index in [9.17, 15) is 0 Å². The lowest BCUT2D eigenvalue weighted by Crippen LogP contribution is -2.21. The van der Waals surface area contributed by atoms with Crippen molar-refractivity contribution in [2.45, 2.75) is 26.3 Å². The summed E-state index contributed by atoms with van der Waals surface area (Å²) in [6.45, 7) is 5.29. The number of aromatic nitrogens is 2. The largest absolute Gasteiger partial charge is 0.310 e. The Kier molecular flexibility index (Phi) is 4.15. The van der Waals surface area contributed by atoms with Crippen LogP contribution in [0.15, 0.2) is 36.7 Å². The summed E-state index contributed by atoms with van der Waals surface area (Å²) in [5, 5.41) is 7.71. The first-order valence-corrected chi connectivity index (χ1v) is 6.42. The highest BCUT2D eigenvalue weighted by Crippen LogP contribution is 2.12. The van der Waals surface area contributed by atoms with Crippen LogP contribution in [0.25, 0.3) is 0 Å². The van der Waals surface area contributed by atoms with E-state index in [0.29, 0.717) is 6.04 Å². The van der Waals surface area contributed by atoms with Crippen molar-refractivity contribution in [3.8, 4) is 0 Å². The van der Waals surface area contributed by atoms with Crippen molar-refractivity contribution in [2.75, 3.05) is 6.54 Å². The Morgan fingerprint density at radius 3 is 2.61 bits per heavy atom. The summed E-state index contributed by atoms with van der Waals surface area (Å²) >= 11 is 0. The van der Waals surface area contributed by atoms with Gasteiger partial charge in [0, 0.05) is 19.3 Å². The molecular formula is C15H21N3. The van der Waals surface area contributed by atoms with E-state index in [-0.39, 0.29) is 0 Å². The van der Waals surface area contributed by atoms with Gasteiger partial charge in [-0.15, -0.1) is 0 Å². The summed E-state index contributed by atoms with van der Waals surface area (Å²) in [5.74, 6) is 0. The van der Waals surface area contributed by atoms with Gasteiger partial charge in [-0.05, 0) is 37.9 Å². The summed E-state index contributed by atoms with van der Waals surface area (Å²) < 4.78 is 1.85. The normalized spacial score (nSPS) is 12.6. The van der Waals surface area contributed by atoms with Gasteiger partial charge < -0.3 is 5.32 Å². The van der Waals surface area contributed by atoms with Crippen molar-refractivity contribution in [3.05, 3.63) is 53.3 Å². The first-order chi connectivity index (χ1) is 8.65. The maximum atomic E-state index is 4.17. The topological polar surface area (TPSA) is 29.9 Å². The molecule has 0 aliphatic rings. The molecular weight excluding hydrogens is 222 g/mol. The van der Waals surface area contributed by atoms with E-state index in [2.05, 4.69) is 54.7 Å².